The van der Waals surface area contributed by atoms with Crippen molar-refractivity contribution in [2.75, 3.05) is 5.73 Å². The van der Waals surface area contributed by atoms with Crippen molar-refractivity contribution in [3.05, 3.63) is 54.2 Å². The lowest BCUT2D eigenvalue weighted by Crippen LogP contribution is -2.34. The van der Waals surface area contributed by atoms with Gasteiger partial charge in [-0.3, -0.25) is 0 Å². The molecule has 2 aliphatic heterocycles. The minimum absolute atomic E-state index is 0.370. The summed E-state index contributed by atoms with van der Waals surface area (Å²) in [5.74, 6) is -0.841. The van der Waals surface area contributed by atoms with Crippen LogP contribution >= 0.6 is 0 Å². The Morgan fingerprint density at radius 2 is 1.86 bits per heavy atom. The minimum atomic E-state index is -1.02. The maximum absolute atomic E-state index is 13.3. The average molecular weight is 400 g/mol. The summed E-state index contributed by atoms with van der Waals surface area (Å²) in [6.07, 6.45) is -0.126. The summed E-state index contributed by atoms with van der Waals surface area (Å²) in [7, 11) is 0. The van der Waals surface area contributed by atoms with Gasteiger partial charge in [-0.05, 0) is 37.6 Å². The van der Waals surface area contributed by atoms with E-state index in [1.54, 1.807) is 6.20 Å². The summed E-state index contributed by atoms with van der Waals surface area (Å²) >= 11 is 0. The van der Waals surface area contributed by atoms with Crippen molar-refractivity contribution in [2.24, 2.45) is 0 Å². The molecule has 2 aromatic heterocycles. The van der Waals surface area contributed by atoms with Crippen LogP contribution < -0.4 is 5.73 Å². The van der Waals surface area contributed by atoms with E-state index in [2.05, 4.69) is 9.97 Å². The maximum Gasteiger partial charge on any atom is 0.164 e. The number of ether oxygens (including phenoxy) is 3. The van der Waals surface area contributed by atoms with Crippen LogP contribution in [0.4, 0.5) is 10.2 Å². The molecule has 0 radical (unpaired) electrons. The Balaban J connectivity index is 1.53. The van der Waals surface area contributed by atoms with Crippen molar-refractivity contribution in [2.45, 2.75) is 50.3 Å². The molecule has 2 aliphatic rings. The highest BCUT2D eigenvalue weighted by molar-refractivity contribution is 5.86. The van der Waals surface area contributed by atoms with Gasteiger partial charge in [0, 0.05) is 6.20 Å². The molecule has 0 amide bonds. The normalized spacial score (nSPS) is 29.2. The first-order chi connectivity index (χ1) is 13.8. The number of aliphatic hydroxyl groups is 1. The highest BCUT2D eigenvalue weighted by Gasteiger charge is 2.58. The number of halogens is 1. The molecule has 0 saturated carbocycles. The minimum Gasteiger partial charge on any atom is -0.386 e. The molecule has 5 rings (SSSR count). The zero-order chi connectivity index (χ0) is 20.3. The van der Waals surface area contributed by atoms with Crippen LogP contribution in [0.5, 0.6) is 0 Å². The zero-order valence-corrected chi connectivity index (χ0v) is 15.9. The molecule has 0 spiro atoms. The number of rotatable bonds is 3. The largest absolute Gasteiger partial charge is 0.386 e. The third kappa shape index (κ3) is 2.98. The molecular weight excluding hydrogens is 379 g/mol. The predicted octanol–water partition coefficient (Wildman–Crippen LogP) is 2.30. The van der Waals surface area contributed by atoms with Crippen LogP contribution in [-0.2, 0) is 14.2 Å². The highest BCUT2D eigenvalue weighted by Crippen LogP contribution is 2.47. The molecule has 3 aromatic rings. The molecule has 9 heteroatoms. The number of nitrogen functional groups attached to an aromatic ring is 1. The van der Waals surface area contributed by atoms with Gasteiger partial charge < -0.3 is 29.6 Å². The molecule has 1 unspecified atom stereocenters. The van der Waals surface area contributed by atoms with Crippen LogP contribution in [0.3, 0.4) is 0 Å². The van der Waals surface area contributed by atoms with Crippen LogP contribution in [-0.4, -0.2) is 43.7 Å². The number of fused-ring (bicyclic) bond motifs is 2. The fourth-order valence-corrected chi connectivity index (χ4v) is 4.13. The summed E-state index contributed by atoms with van der Waals surface area (Å²) in [6.45, 7) is 3.63. The van der Waals surface area contributed by atoms with Gasteiger partial charge in [-0.15, -0.1) is 0 Å². The van der Waals surface area contributed by atoms with E-state index in [1.165, 1.54) is 30.6 Å². The van der Waals surface area contributed by atoms with Gasteiger partial charge >= 0.3 is 0 Å². The summed E-state index contributed by atoms with van der Waals surface area (Å²) in [6, 6.07) is 7.49. The molecule has 4 heterocycles. The van der Waals surface area contributed by atoms with Crippen LogP contribution in [0, 0.1) is 5.82 Å². The van der Waals surface area contributed by atoms with Crippen molar-refractivity contribution in [3.8, 4) is 0 Å². The third-order valence-electron chi connectivity index (χ3n) is 5.40. The van der Waals surface area contributed by atoms with Gasteiger partial charge in [0.05, 0.1) is 5.39 Å². The second-order valence-corrected chi connectivity index (χ2v) is 7.77. The van der Waals surface area contributed by atoms with Crippen molar-refractivity contribution in [1.29, 1.82) is 0 Å². The Kier molecular flexibility index (Phi) is 4.11. The molecule has 29 heavy (non-hydrogen) atoms. The smallest absolute Gasteiger partial charge is 0.164 e. The molecule has 152 valence electrons. The van der Waals surface area contributed by atoms with Gasteiger partial charge in [-0.25, -0.2) is 14.4 Å². The number of nitrogens with two attached hydrogens (primary N) is 1. The first kappa shape index (κ1) is 18.4. The summed E-state index contributed by atoms with van der Waals surface area (Å²) in [4.78, 5) is 8.34. The van der Waals surface area contributed by atoms with Crippen LogP contribution in [0.1, 0.15) is 31.7 Å². The maximum atomic E-state index is 13.3. The second-order valence-electron chi connectivity index (χ2n) is 7.77. The number of nitrogens with zero attached hydrogens (tertiary/aromatic N) is 3. The lowest BCUT2D eigenvalue weighted by atomic mass is 9.99. The highest BCUT2D eigenvalue weighted by atomic mass is 19.1. The van der Waals surface area contributed by atoms with E-state index in [4.69, 9.17) is 19.9 Å². The second kappa shape index (κ2) is 6.46. The Morgan fingerprint density at radius 1 is 1.14 bits per heavy atom. The standard InChI is InChI=1S/C20H21FN4O4/c1-20(2)28-15-14(13(26)10-3-5-11(21)6-4-10)27-19(16(15)29-20)25-8-7-12-17(22)23-9-24-18(12)25/h3-9,13-16,19,26H,1-2H3,(H2,22,23,24)/t13?,14-,15-,16-,19-/m1/s1. The van der Waals surface area contributed by atoms with E-state index in [0.717, 1.165) is 0 Å². The zero-order valence-electron chi connectivity index (χ0n) is 15.9. The van der Waals surface area contributed by atoms with E-state index in [9.17, 15) is 9.50 Å². The van der Waals surface area contributed by atoms with Gasteiger partial charge in [0.25, 0.3) is 0 Å². The Hall–Kier alpha value is -2.59. The molecule has 2 saturated heterocycles. The summed E-state index contributed by atoms with van der Waals surface area (Å²) < 4.78 is 33.5. The van der Waals surface area contributed by atoms with Crippen LogP contribution in [0.25, 0.3) is 11.0 Å². The first-order valence-electron chi connectivity index (χ1n) is 9.36. The van der Waals surface area contributed by atoms with Crippen LogP contribution in [0.2, 0.25) is 0 Å². The van der Waals surface area contributed by atoms with Crippen molar-refractivity contribution < 1.29 is 23.7 Å². The molecular formula is C20H21FN4O4. The van der Waals surface area contributed by atoms with Crippen molar-refractivity contribution >= 4 is 16.9 Å². The van der Waals surface area contributed by atoms with Crippen molar-refractivity contribution in [3.63, 3.8) is 0 Å². The topological polar surface area (TPSA) is 105 Å². The molecule has 8 nitrogen and oxygen atoms in total. The lowest BCUT2D eigenvalue weighted by molar-refractivity contribution is -0.207. The van der Waals surface area contributed by atoms with Gasteiger partial charge in [-0.2, -0.15) is 0 Å². The monoisotopic (exact) mass is 400 g/mol. The molecule has 3 N–H and O–H groups in total. The number of benzene rings is 1. The van der Waals surface area contributed by atoms with E-state index in [1.807, 2.05) is 24.5 Å². The lowest BCUT2D eigenvalue weighted by Gasteiger charge is -2.27. The van der Waals surface area contributed by atoms with E-state index < -0.39 is 36.4 Å². The fourth-order valence-electron chi connectivity index (χ4n) is 4.13. The summed E-state index contributed by atoms with van der Waals surface area (Å²) in [5.41, 5.74) is 7.09. The predicted molar refractivity (Wildman–Crippen MR) is 101 cm³/mol. The van der Waals surface area contributed by atoms with Gasteiger partial charge in [-0.1, -0.05) is 12.1 Å². The fraction of sp³-hybridized carbons (Fsp3) is 0.400. The van der Waals surface area contributed by atoms with E-state index in [-0.39, 0.29) is 5.82 Å². The molecule has 2 fully saturated rings. The third-order valence-corrected chi connectivity index (χ3v) is 5.40. The molecule has 0 bridgehead atoms. The summed E-state index contributed by atoms with van der Waals surface area (Å²) in [5, 5.41) is 11.7. The Bertz CT molecular complexity index is 1050. The Morgan fingerprint density at radius 3 is 2.62 bits per heavy atom. The van der Waals surface area contributed by atoms with Crippen LogP contribution in [0.15, 0.2) is 42.9 Å². The average Bonchev–Trinajstić information content (AvgIpc) is 3.33. The number of hydrogen-bond donors (Lipinski definition) is 2. The number of aromatic nitrogens is 3. The molecule has 5 atom stereocenters. The van der Waals surface area contributed by atoms with Crippen molar-refractivity contribution in [1.82, 2.24) is 14.5 Å². The van der Waals surface area contributed by atoms with Gasteiger partial charge in [0.2, 0.25) is 0 Å². The number of anilines is 1. The molecule has 0 aliphatic carbocycles. The Labute approximate surface area is 166 Å². The van der Waals surface area contributed by atoms with Gasteiger partial charge in [0.15, 0.2) is 12.0 Å². The van der Waals surface area contributed by atoms with Gasteiger partial charge in [0.1, 0.15) is 48.0 Å². The number of hydrogen-bond acceptors (Lipinski definition) is 7. The molecule has 1 aromatic carbocycles. The SMILES string of the molecule is CC1(C)O[C@@H]2[C@H](O1)[C@@H](C(O)c1ccc(F)cc1)O[C@H]2n1ccc2c(N)ncnc21. The van der Waals surface area contributed by atoms with E-state index >= 15 is 0 Å². The number of aliphatic hydroxyl groups excluding tert-OH is 1. The van der Waals surface area contributed by atoms with E-state index in [0.29, 0.717) is 22.4 Å². The first-order valence-corrected chi connectivity index (χ1v) is 9.36. The quantitative estimate of drug-likeness (QED) is 0.695.